The molecule has 0 spiro atoms. The molecule has 0 atom stereocenters. The molecule has 0 N–H and O–H groups in total. The molecule has 0 fully saturated rings. The van der Waals surface area contributed by atoms with Gasteiger partial charge in [-0.3, -0.25) is 4.90 Å². The zero-order chi connectivity index (χ0) is 13.9. The van der Waals surface area contributed by atoms with Gasteiger partial charge in [0.2, 0.25) is 0 Å². The minimum Gasteiger partial charge on any atom is -0.298 e. The highest BCUT2D eigenvalue weighted by Gasteiger charge is 2.08. The first-order valence-electron chi connectivity index (χ1n) is 6.46. The number of benzene rings is 1. The molecule has 0 saturated carbocycles. The van der Waals surface area contributed by atoms with Crippen LogP contribution in [0.3, 0.4) is 0 Å². The number of aromatic nitrogens is 1. The van der Waals surface area contributed by atoms with Gasteiger partial charge in [0.25, 0.3) is 0 Å². The van der Waals surface area contributed by atoms with Crippen molar-refractivity contribution in [2.24, 2.45) is 0 Å². The van der Waals surface area contributed by atoms with Crippen molar-refractivity contribution in [2.45, 2.75) is 13.1 Å². The van der Waals surface area contributed by atoms with Gasteiger partial charge in [0.1, 0.15) is 5.15 Å². The number of rotatable bonds is 4. The van der Waals surface area contributed by atoms with Crippen molar-refractivity contribution in [2.75, 3.05) is 7.05 Å². The SMILES string of the molecule is CN(Cc1ccsc1)Cc1cc2ccccc2nc1Cl. The van der Waals surface area contributed by atoms with Crippen LogP contribution < -0.4 is 0 Å². The minimum absolute atomic E-state index is 0.598. The third-order valence-electron chi connectivity index (χ3n) is 3.22. The Labute approximate surface area is 127 Å². The highest BCUT2D eigenvalue weighted by molar-refractivity contribution is 7.07. The Kier molecular flexibility index (Phi) is 4.01. The molecule has 102 valence electrons. The summed E-state index contributed by atoms with van der Waals surface area (Å²) < 4.78 is 0. The van der Waals surface area contributed by atoms with Gasteiger partial charge in [-0.2, -0.15) is 11.3 Å². The first-order chi connectivity index (χ1) is 9.72. The van der Waals surface area contributed by atoms with E-state index in [1.54, 1.807) is 11.3 Å². The second kappa shape index (κ2) is 5.92. The molecule has 0 saturated heterocycles. The molecule has 2 nitrogen and oxygen atoms in total. The second-order valence-corrected chi connectivity index (χ2v) is 6.07. The Morgan fingerprint density at radius 3 is 2.85 bits per heavy atom. The molecule has 0 radical (unpaired) electrons. The molecule has 3 aromatic rings. The van der Waals surface area contributed by atoms with Gasteiger partial charge in [-0.15, -0.1) is 0 Å². The maximum absolute atomic E-state index is 6.29. The van der Waals surface area contributed by atoms with Gasteiger partial charge in [0.15, 0.2) is 0 Å². The lowest BCUT2D eigenvalue weighted by Crippen LogP contribution is -2.17. The molecule has 0 amide bonds. The molecule has 0 unspecified atom stereocenters. The van der Waals surface area contributed by atoms with Gasteiger partial charge in [-0.05, 0) is 41.6 Å². The average Bonchev–Trinajstić information content (AvgIpc) is 2.92. The normalized spacial score (nSPS) is 11.3. The summed E-state index contributed by atoms with van der Waals surface area (Å²) in [5.41, 5.74) is 3.35. The number of hydrogen-bond donors (Lipinski definition) is 0. The number of nitrogens with zero attached hydrogens (tertiary/aromatic N) is 2. The van der Waals surface area contributed by atoms with E-state index in [9.17, 15) is 0 Å². The van der Waals surface area contributed by atoms with E-state index in [2.05, 4.69) is 45.9 Å². The second-order valence-electron chi connectivity index (χ2n) is 4.93. The van der Waals surface area contributed by atoms with Crippen LogP contribution in [0.2, 0.25) is 5.15 Å². The molecular formula is C16H15ClN2S. The molecule has 0 bridgehead atoms. The number of thiophene rings is 1. The Bertz CT molecular complexity index is 710. The number of halogens is 1. The zero-order valence-corrected chi connectivity index (χ0v) is 12.8. The van der Waals surface area contributed by atoms with Crippen LogP contribution in [-0.2, 0) is 13.1 Å². The van der Waals surface area contributed by atoms with Crippen molar-refractivity contribution in [3.05, 3.63) is 63.4 Å². The van der Waals surface area contributed by atoms with E-state index in [1.807, 2.05) is 18.2 Å². The molecular weight excluding hydrogens is 288 g/mol. The number of pyridine rings is 1. The van der Waals surface area contributed by atoms with E-state index in [-0.39, 0.29) is 0 Å². The summed E-state index contributed by atoms with van der Waals surface area (Å²) in [5.74, 6) is 0. The number of para-hydroxylation sites is 1. The van der Waals surface area contributed by atoms with Crippen molar-refractivity contribution in [3.63, 3.8) is 0 Å². The van der Waals surface area contributed by atoms with Gasteiger partial charge in [0.05, 0.1) is 5.52 Å². The number of fused-ring (bicyclic) bond motifs is 1. The number of hydrogen-bond acceptors (Lipinski definition) is 3. The maximum atomic E-state index is 6.29. The van der Waals surface area contributed by atoms with Crippen molar-refractivity contribution in [1.82, 2.24) is 9.88 Å². The third-order valence-corrected chi connectivity index (χ3v) is 4.28. The predicted molar refractivity (Wildman–Crippen MR) is 86.2 cm³/mol. The van der Waals surface area contributed by atoms with Crippen LogP contribution in [0, 0.1) is 0 Å². The Morgan fingerprint density at radius 2 is 2.05 bits per heavy atom. The summed E-state index contributed by atoms with van der Waals surface area (Å²) in [6.07, 6.45) is 0. The first kappa shape index (κ1) is 13.6. The molecule has 2 heterocycles. The summed E-state index contributed by atoms with van der Waals surface area (Å²) in [4.78, 5) is 6.72. The van der Waals surface area contributed by atoms with E-state index in [0.29, 0.717) is 5.15 Å². The largest absolute Gasteiger partial charge is 0.298 e. The van der Waals surface area contributed by atoms with E-state index in [0.717, 1.165) is 29.6 Å². The van der Waals surface area contributed by atoms with Gasteiger partial charge >= 0.3 is 0 Å². The summed E-state index contributed by atoms with van der Waals surface area (Å²) in [7, 11) is 2.10. The van der Waals surface area contributed by atoms with E-state index >= 15 is 0 Å². The van der Waals surface area contributed by atoms with E-state index < -0.39 is 0 Å². The van der Waals surface area contributed by atoms with Crippen LogP contribution in [0.25, 0.3) is 10.9 Å². The van der Waals surface area contributed by atoms with Crippen LogP contribution in [0.5, 0.6) is 0 Å². The third kappa shape index (κ3) is 3.01. The highest BCUT2D eigenvalue weighted by Crippen LogP contribution is 2.22. The van der Waals surface area contributed by atoms with Gasteiger partial charge < -0.3 is 0 Å². The van der Waals surface area contributed by atoms with Gasteiger partial charge in [-0.1, -0.05) is 29.8 Å². The molecule has 1 aromatic carbocycles. The Hall–Kier alpha value is -1.42. The van der Waals surface area contributed by atoms with Crippen LogP contribution >= 0.6 is 22.9 Å². The predicted octanol–water partition coefficient (Wildman–Crippen LogP) is 4.58. The first-order valence-corrected chi connectivity index (χ1v) is 7.78. The van der Waals surface area contributed by atoms with Crippen molar-refractivity contribution < 1.29 is 0 Å². The molecule has 20 heavy (non-hydrogen) atoms. The maximum Gasteiger partial charge on any atom is 0.134 e. The van der Waals surface area contributed by atoms with E-state index in [1.165, 1.54) is 5.56 Å². The lowest BCUT2D eigenvalue weighted by atomic mass is 10.1. The molecule has 0 aliphatic carbocycles. The average molecular weight is 303 g/mol. The topological polar surface area (TPSA) is 16.1 Å². The molecule has 2 aromatic heterocycles. The summed E-state index contributed by atoms with van der Waals surface area (Å²) in [6, 6.07) is 12.3. The van der Waals surface area contributed by atoms with Crippen LogP contribution in [0.4, 0.5) is 0 Å². The lowest BCUT2D eigenvalue weighted by molar-refractivity contribution is 0.319. The van der Waals surface area contributed by atoms with E-state index in [4.69, 9.17) is 11.6 Å². The van der Waals surface area contributed by atoms with Crippen molar-refractivity contribution in [3.8, 4) is 0 Å². The quantitative estimate of drug-likeness (QED) is 0.656. The fourth-order valence-electron chi connectivity index (χ4n) is 2.29. The Balaban J connectivity index is 1.81. The fraction of sp³-hybridized carbons (Fsp3) is 0.188. The molecule has 0 aliphatic heterocycles. The molecule has 3 rings (SSSR count). The smallest absolute Gasteiger partial charge is 0.134 e. The van der Waals surface area contributed by atoms with Gasteiger partial charge in [-0.25, -0.2) is 4.98 Å². The molecule has 0 aliphatic rings. The Morgan fingerprint density at radius 1 is 1.20 bits per heavy atom. The monoisotopic (exact) mass is 302 g/mol. The summed E-state index contributed by atoms with van der Waals surface area (Å²) >= 11 is 8.02. The molecule has 4 heteroatoms. The summed E-state index contributed by atoms with van der Waals surface area (Å²) in [5, 5.41) is 6.02. The van der Waals surface area contributed by atoms with Crippen LogP contribution in [0.15, 0.2) is 47.2 Å². The highest BCUT2D eigenvalue weighted by atomic mass is 35.5. The van der Waals surface area contributed by atoms with Gasteiger partial charge in [0, 0.05) is 24.0 Å². The standard InChI is InChI=1S/C16H15ClN2S/c1-19(9-12-6-7-20-11-12)10-14-8-13-4-2-3-5-15(13)18-16(14)17/h2-8,11H,9-10H2,1H3. The van der Waals surface area contributed by atoms with Crippen molar-refractivity contribution in [1.29, 1.82) is 0 Å². The minimum atomic E-state index is 0.598. The van der Waals surface area contributed by atoms with Crippen molar-refractivity contribution >= 4 is 33.8 Å². The lowest BCUT2D eigenvalue weighted by Gasteiger charge is -2.17. The summed E-state index contributed by atoms with van der Waals surface area (Å²) in [6.45, 7) is 1.72. The fourth-order valence-corrected chi connectivity index (χ4v) is 3.15. The van der Waals surface area contributed by atoms with Crippen LogP contribution in [-0.4, -0.2) is 16.9 Å². The zero-order valence-electron chi connectivity index (χ0n) is 11.2. The van der Waals surface area contributed by atoms with Crippen LogP contribution in [0.1, 0.15) is 11.1 Å².